The van der Waals surface area contributed by atoms with Crippen molar-refractivity contribution in [1.29, 1.82) is 0 Å². The summed E-state index contributed by atoms with van der Waals surface area (Å²) < 4.78 is 0. The molecule has 0 aliphatic rings. The van der Waals surface area contributed by atoms with Crippen LogP contribution in [-0.2, 0) is 0 Å². The fourth-order valence-corrected chi connectivity index (χ4v) is 1.24. The number of rotatable bonds is 4. The van der Waals surface area contributed by atoms with E-state index in [-0.39, 0.29) is 12.1 Å². The normalized spacial score (nSPS) is 11.3. The fraction of sp³-hybridized carbons (Fsp3) is 0.600. The van der Waals surface area contributed by atoms with Crippen molar-refractivity contribution in [3.8, 4) is 0 Å². The van der Waals surface area contributed by atoms with Crippen molar-refractivity contribution in [3.63, 3.8) is 0 Å². The highest BCUT2D eigenvalue weighted by Gasteiger charge is 2.21. The van der Waals surface area contributed by atoms with Crippen molar-refractivity contribution in [2.24, 2.45) is 0 Å². The number of anilines is 2. The molecule has 0 fully saturated rings. The summed E-state index contributed by atoms with van der Waals surface area (Å²) in [4.78, 5) is 22.4. The third-order valence-corrected chi connectivity index (χ3v) is 1.78. The standard InChI is InChI=1S/C10H16N2O2/c1-5(2)11-7-8(12-6(3)4)10(14)9(7)13/h5-6,11-12H,1-4H3. The Morgan fingerprint density at radius 1 is 0.786 bits per heavy atom. The first-order valence-corrected chi connectivity index (χ1v) is 4.79. The number of hydrogen-bond acceptors (Lipinski definition) is 4. The first-order valence-electron chi connectivity index (χ1n) is 4.79. The molecule has 0 heterocycles. The summed E-state index contributed by atoms with van der Waals surface area (Å²) in [5.74, 6) is 0. The molecular formula is C10H16N2O2. The molecule has 0 atom stereocenters. The molecule has 0 saturated carbocycles. The van der Waals surface area contributed by atoms with Crippen molar-refractivity contribution >= 4 is 11.4 Å². The lowest BCUT2D eigenvalue weighted by atomic mass is 10.1. The molecule has 2 N–H and O–H groups in total. The van der Waals surface area contributed by atoms with Crippen LogP contribution in [0.2, 0.25) is 0 Å². The summed E-state index contributed by atoms with van der Waals surface area (Å²) in [5, 5.41) is 5.92. The molecule has 1 rings (SSSR count). The van der Waals surface area contributed by atoms with Crippen LogP contribution in [0.25, 0.3) is 0 Å². The van der Waals surface area contributed by atoms with Crippen molar-refractivity contribution < 1.29 is 0 Å². The minimum Gasteiger partial charge on any atom is -0.378 e. The van der Waals surface area contributed by atoms with Crippen LogP contribution in [0, 0.1) is 0 Å². The smallest absolute Gasteiger partial charge is 0.253 e. The van der Waals surface area contributed by atoms with Crippen LogP contribution in [0.15, 0.2) is 9.59 Å². The highest BCUT2D eigenvalue weighted by atomic mass is 16.2. The topological polar surface area (TPSA) is 58.2 Å². The summed E-state index contributed by atoms with van der Waals surface area (Å²) in [7, 11) is 0. The number of hydrogen-bond donors (Lipinski definition) is 2. The van der Waals surface area contributed by atoms with Gasteiger partial charge in [-0.3, -0.25) is 9.59 Å². The van der Waals surface area contributed by atoms with E-state index in [4.69, 9.17) is 0 Å². The second-order valence-corrected chi connectivity index (χ2v) is 4.01. The summed E-state index contributed by atoms with van der Waals surface area (Å²) in [6.07, 6.45) is 0. The van der Waals surface area contributed by atoms with Gasteiger partial charge in [0.1, 0.15) is 11.4 Å². The van der Waals surface area contributed by atoms with Gasteiger partial charge in [-0.1, -0.05) is 0 Å². The summed E-state index contributed by atoms with van der Waals surface area (Å²) in [6, 6.07) is 0.317. The van der Waals surface area contributed by atoms with Crippen LogP contribution in [0.4, 0.5) is 11.4 Å². The Kier molecular flexibility index (Phi) is 2.93. The van der Waals surface area contributed by atoms with Crippen LogP contribution < -0.4 is 21.5 Å². The average Bonchev–Trinajstić information content (AvgIpc) is 2.09. The SMILES string of the molecule is CC(C)Nc1c(NC(C)C)c(=O)c1=O. The van der Waals surface area contributed by atoms with E-state index in [9.17, 15) is 9.59 Å². The molecule has 0 amide bonds. The first kappa shape index (κ1) is 10.8. The molecule has 0 unspecified atom stereocenters. The molecular weight excluding hydrogens is 180 g/mol. The minimum atomic E-state index is -0.415. The Morgan fingerprint density at radius 2 is 1.07 bits per heavy atom. The molecule has 78 valence electrons. The van der Waals surface area contributed by atoms with E-state index in [1.54, 1.807) is 0 Å². The van der Waals surface area contributed by atoms with E-state index in [2.05, 4.69) is 10.6 Å². The highest BCUT2D eigenvalue weighted by molar-refractivity contribution is 5.74. The molecule has 0 saturated heterocycles. The molecule has 0 aliphatic carbocycles. The van der Waals surface area contributed by atoms with E-state index >= 15 is 0 Å². The molecule has 14 heavy (non-hydrogen) atoms. The van der Waals surface area contributed by atoms with Crippen LogP contribution in [0.5, 0.6) is 0 Å². The van der Waals surface area contributed by atoms with Crippen molar-refractivity contribution in [1.82, 2.24) is 0 Å². The molecule has 4 heteroatoms. The first-order chi connectivity index (χ1) is 6.43. The van der Waals surface area contributed by atoms with Gasteiger partial charge in [-0.2, -0.15) is 0 Å². The average molecular weight is 196 g/mol. The van der Waals surface area contributed by atoms with Gasteiger partial charge in [-0.05, 0) is 27.7 Å². The third kappa shape index (κ3) is 1.95. The van der Waals surface area contributed by atoms with Crippen LogP contribution >= 0.6 is 0 Å². The van der Waals surface area contributed by atoms with E-state index in [1.807, 2.05) is 27.7 Å². The molecule has 1 aromatic carbocycles. The zero-order valence-electron chi connectivity index (χ0n) is 8.97. The van der Waals surface area contributed by atoms with Crippen LogP contribution in [-0.4, -0.2) is 12.1 Å². The molecule has 0 aliphatic heterocycles. The lowest BCUT2D eigenvalue weighted by Crippen LogP contribution is -2.39. The van der Waals surface area contributed by atoms with Crippen LogP contribution in [0.3, 0.4) is 0 Å². The lowest BCUT2D eigenvalue weighted by Gasteiger charge is -2.18. The van der Waals surface area contributed by atoms with Gasteiger partial charge in [-0.25, -0.2) is 0 Å². The van der Waals surface area contributed by atoms with E-state index < -0.39 is 10.9 Å². The minimum absolute atomic E-state index is 0.158. The highest BCUT2D eigenvalue weighted by Crippen LogP contribution is 2.15. The second kappa shape index (κ2) is 3.82. The summed E-state index contributed by atoms with van der Waals surface area (Å²) in [6.45, 7) is 7.71. The lowest BCUT2D eigenvalue weighted by molar-refractivity contribution is 0.873. The summed E-state index contributed by atoms with van der Waals surface area (Å²) in [5.41, 5.74) is 0.0288. The maximum atomic E-state index is 11.2. The van der Waals surface area contributed by atoms with Crippen molar-refractivity contribution in [2.45, 2.75) is 39.8 Å². The predicted molar refractivity (Wildman–Crippen MR) is 58.9 cm³/mol. The van der Waals surface area contributed by atoms with Gasteiger partial charge < -0.3 is 10.6 Å². The quantitative estimate of drug-likeness (QED) is 0.703. The molecule has 1 aromatic rings. The largest absolute Gasteiger partial charge is 0.378 e. The Morgan fingerprint density at radius 3 is 1.29 bits per heavy atom. The Balaban J connectivity index is 2.89. The van der Waals surface area contributed by atoms with E-state index in [0.29, 0.717) is 11.4 Å². The maximum Gasteiger partial charge on any atom is 0.253 e. The Hall–Kier alpha value is -1.32. The molecule has 0 aromatic heterocycles. The number of nitrogens with one attached hydrogen (secondary N) is 2. The van der Waals surface area contributed by atoms with Crippen LogP contribution in [0.1, 0.15) is 27.7 Å². The van der Waals surface area contributed by atoms with Crippen molar-refractivity contribution in [2.75, 3.05) is 10.6 Å². The monoisotopic (exact) mass is 196 g/mol. The maximum absolute atomic E-state index is 11.2. The Labute approximate surface area is 83.0 Å². The van der Waals surface area contributed by atoms with Gasteiger partial charge in [0.2, 0.25) is 0 Å². The third-order valence-electron chi connectivity index (χ3n) is 1.78. The van der Waals surface area contributed by atoms with Gasteiger partial charge in [0.25, 0.3) is 10.9 Å². The predicted octanol–water partition coefficient (Wildman–Crippen LogP) is 0.923. The van der Waals surface area contributed by atoms with E-state index in [1.165, 1.54) is 0 Å². The fourth-order valence-electron chi connectivity index (χ4n) is 1.24. The van der Waals surface area contributed by atoms with Gasteiger partial charge in [0.05, 0.1) is 0 Å². The zero-order valence-corrected chi connectivity index (χ0v) is 8.97. The molecule has 0 spiro atoms. The second-order valence-electron chi connectivity index (χ2n) is 4.01. The van der Waals surface area contributed by atoms with Gasteiger partial charge in [0, 0.05) is 12.1 Å². The van der Waals surface area contributed by atoms with Gasteiger partial charge >= 0.3 is 0 Å². The zero-order chi connectivity index (χ0) is 10.9. The molecule has 4 nitrogen and oxygen atoms in total. The van der Waals surface area contributed by atoms with E-state index in [0.717, 1.165) is 0 Å². The molecule has 0 radical (unpaired) electrons. The molecule has 0 bridgehead atoms. The Bertz CT molecular complexity index is 349. The van der Waals surface area contributed by atoms with Gasteiger partial charge in [-0.15, -0.1) is 0 Å². The summed E-state index contributed by atoms with van der Waals surface area (Å²) >= 11 is 0. The van der Waals surface area contributed by atoms with Crippen molar-refractivity contribution in [3.05, 3.63) is 20.4 Å². The van der Waals surface area contributed by atoms with Gasteiger partial charge in [0.15, 0.2) is 0 Å².